The van der Waals surface area contributed by atoms with Gasteiger partial charge in [0.05, 0.1) is 5.57 Å². The Kier molecular flexibility index (Phi) is 3.82. The number of carboxylic acid groups (broad SMARTS) is 1. The van der Waals surface area contributed by atoms with Gasteiger partial charge in [0.2, 0.25) is 0 Å². The van der Waals surface area contributed by atoms with Gasteiger partial charge in [0.15, 0.2) is 0 Å². The molecule has 0 aromatic rings. The van der Waals surface area contributed by atoms with Crippen LogP contribution >= 0.6 is 0 Å². The lowest BCUT2D eigenvalue weighted by Crippen LogP contribution is -2.15. The van der Waals surface area contributed by atoms with Crippen LogP contribution in [0.3, 0.4) is 0 Å². The topological polar surface area (TPSA) is 89.6 Å². The lowest BCUT2D eigenvalue weighted by Gasteiger charge is -2.05. The zero-order chi connectivity index (χ0) is 9.72. The van der Waals surface area contributed by atoms with Crippen LogP contribution in [0, 0.1) is 0 Å². The minimum absolute atomic E-state index is 0.00343. The number of primary amides is 1. The lowest BCUT2D eigenvalue weighted by molar-refractivity contribution is -0.132. The third kappa shape index (κ3) is 3.05. The summed E-state index contributed by atoms with van der Waals surface area (Å²) < 4.78 is 4.46. The molecule has 0 bridgehead atoms. The highest BCUT2D eigenvalue weighted by Gasteiger charge is 2.10. The number of carbonyl (C=O) groups is 2. The molecule has 1 amide bonds. The van der Waals surface area contributed by atoms with E-state index < -0.39 is 12.1 Å². The highest BCUT2D eigenvalue weighted by molar-refractivity contribution is 5.86. The molecule has 0 aliphatic rings. The summed E-state index contributed by atoms with van der Waals surface area (Å²) in [6, 6.07) is 0. The van der Waals surface area contributed by atoms with Gasteiger partial charge in [0, 0.05) is 6.42 Å². The molecule has 0 atom stereocenters. The van der Waals surface area contributed by atoms with Crippen LogP contribution in [0.25, 0.3) is 0 Å². The molecule has 0 aromatic heterocycles. The monoisotopic (exact) mass is 173 g/mol. The Morgan fingerprint density at radius 3 is 2.25 bits per heavy atom. The highest BCUT2D eigenvalue weighted by atomic mass is 16.5. The number of amides is 1. The zero-order valence-electron chi connectivity index (χ0n) is 6.96. The fourth-order valence-electron chi connectivity index (χ4n) is 0.655. The first-order valence-electron chi connectivity index (χ1n) is 3.39. The third-order valence-electron chi connectivity index (χ3n) is 1.28. The zero-order valence-corrected chi connectivity index (χ0v) is 6.96. The summed E-state index contributed by atoms with van der Waals surface area (Å²) >= 11 is 0. The van der Waals surface area contributed by atoms with Gasteiger partial charge in [-0.1, -0.05) is 6.92 Å². The van der Waals surface area contributed by atoms with Crippen LogP contribution < -0.4 is 5.73 Å². The molecular formula is C7H11NO4. The molecule has 0 aromatic carbocycles. The van der Waals surface area contributed by atoms with E-state index in [9.17, 15) is 9.59 Å². The van der Waals surface area contributed by atoms with E-state index in [0.717, 1.165) is 0 Å². The molecular weight excluding hydrogens is 162 g/mol. The van der Waals surface area contributed by atoms with Gasteiger partial charge in [-0.3, -0.25) is 0 Å². The molecule has 0 radical (unpaired) electrons. The summed E-state index contributed by atoms with van der Waals surface area (Å²) in [5, 5.41) is 8.51. The number of carbonyl (C=O) groups excluding carboxylic acids is 1. The summed E-state index contributed by atoms with van der Waals surface area (Å²) in [5.41, 5.74) is 4.72. The SMILES string of the molecule is CC/C(OC(N)=O)=C(/C)C(=O)O. The Labute approximate surface area is 69.8 Å². The third-order valence-corrected chi connectivity index (χ3v) is 1.28. The number of carboxylic acids is 1. The maximum atomic E-state index is 10.4. The van der Waals surface area contributed by atoms with Crippen LogP contribution in [0.1, 0.15) is 20.3 Å². The van der Waals surface area contributed by atoms with Crippen molar-refractivity contribution in [1.29, 1.82) is 0 Å². The number of rotatable bonds is 3. The number of aliphatic carboxylic acids is 1. The molecule has 0 saturated heterocycles. The Hall–Kier alpha value is -1.52. The van der Waals surface area contributed by atoms with Crippen LogP contribution in [0.2, 0.25) is 0 Å². The Morgan fingerprint density at radius 2 is 2.00 bits per heavy atom. The minimum atomic E-state index is -1.12. The number of ether oxygens (including phenoxy) is 1. The Morgan fingerprint density at radius 1 is 1.50 bits per heavy atom. The predicted octanol–water partition coefficient (Wildman–Crippen LogP) is 0.850. The first-order valence-corrected chi connectivity index (χ1v) is 3.39. The van der Waals surface area contributed by atoms with Gasteiger partial charge in [-0.05, 0) is 6.92 Å². The van der Waals surface area contributed by atoms with Crippen LogP contribution in [-0.2, 0) is 9.53 Å². The van der Waals surface area contributed by atoms with Gasteiger partial charge in [0.1, 0.15) is 5.76 Å². The van der Waals surface area contributed by atoms with E-state index >= 15 is 0 Å². The van der Waals surface area contributed by atoms with E-state index in [1.54, 1.807) is 6.92 Å². The van der Waals surface area contributed by atoms with Crippen molar-refractivity contribution in [2.75, 3.05) is 0 Å². The number of allylic oxidation sites excluding steroid dienone is 1. The molecule has 0 rings (SSSR count). The van der Waals surface area contributed by atoms with Crippen LogP contribution in [0.15, 0.2) is 11.3 Å². The number of nitrogens with two attached hydrogens (primary N) is 1. The van der Waals surface area contributed by atoms with Crippen molar-refractivity contribution in [2.24, 2.45) is 5.73 Å². The van der Waals surface area contributed by atoms with Crippen molar-refractivity contribution in [1.82, 2.24) is 0 Å². The maximum absolute atomic E-state index is 10.4. The quantitative estimate of drug-likeness (QED) is 0.489. The molecule has 5 nitrogen and oxygen atoms in total. The fourth-order valence-corrected chi connectivity index (χ4v) is 0.655. The summed E-state index contributed by atoms with van der Waals surface area (Å²) in [4.78, 5) is 20.7. The van der Waals surface area contributed by atoms with Gasteiger partial charge >= 0.3 is 12.1 Å². The van der Waals surface area contributed by atoms with Gasteiger partial charge < -0.3 is 15.6 Å². The molecule has 0 aliphatic carbocycles. The summed E-state index contributed by atoms with van der Waals surface area (Å²) in [7, 11) is 0. The van der Waals surface area contributed by atoms with Crippen molar-refractivity contribution >= 4 is 12.1 Å². The highest BCUT2D eigenvalue weighted by Crippen LogP contribution is 2.09. The molecule has 0 fully saturated rings. The van der Waals surface area contributed by atoms with Crippen LogP contribution in [-0.4, -0.2) is 17.2 Å². The molecule has 68 valence electrons. The summed E-state index contributed by atoms with van der Waals surface area (Å²) in [5.74, 6) is -1.02. The first-order chi connectivity index (χ1) is 5.49. The standard InChI is InChI=1S/C7H11NO4/c1-3-5(12-7(8)11)4(2)6(9)10/h3H2,1-2H3,(H2,8,11)(H,9,10)/b5-4+. The van der Waals surface area contributed by atoms with Crippen molar-refractivity contribution in [3.63, 3.8) is 0 Å². The molecule has 3 N–H and O–H groups in total. The van der Waals surface area contributed by atoms with E-state index in [2.05, 4.69) is 4.74 Å². The Bertz CT molecular complexity index is 232. The molecule has 0 unspecified atom stereocenters. The second-order valence-electron chi connectivity index (χ2n) is 2.13. The van der Waals surface area contributed by atoms with Gasteiger partial charge in [-0.25, -0.2) is 9.59 Å². The smallest absolute Gasteiger partial charge is 0.409 e. The van der Waals surface area contributed by atoms with E-state index in [1.165, 1.54) is 6.92 Å². The van der Waals surface area contributed by atoms with E-state index in [0.29, 0.717) is 6.42 Å². The second kappa shape index (κ2) is 4.38. The van der Waals surface area contributed by atoms with Crippen LogP contribution in [0.4, 0.5) is 4.79 Å². The van der Waals surface area contributed by atoms with E-state index in [4.69, 9.17) is 10.8 Å². The van der Waals surface area contributed by atoms with E-state index in [1.807, 2.05) is 0 Å². The molecule has 0 spiro atoms. The van der Waals surface area contributed by atoms with Crippen molar-refractivity contribution in [3.05, 3.63) is 11.3 Å². The van der Waals surface area contributed by atoms with Gasteiger partial charge in [-0.2, -0.15) is 0 Å². The van der Waals surface area contributed by atoms with Crippen molar-refractivity contribution < 1.29 is 19.4 Å². The summed E-state index contributed by atoms with van der Waals surface area (Å²) in [6.45, 7) is 3.02. The largest absolute Gasteiger partial charge is 0.478 e. The average molecular weight is 173 g/mol. The molecule has 12 heavy (non-hydrogen) atoms. The minimum Gasteiger partial charge on any atom is -0.478 e. The van der Waals surface area contributed by atoms with Crippen molar-refractivity contribution in [3.8, 4) is 0 Å². The summed E-state index contributed by atoms with van der Waals surface area (Å²) in [6.07, 6.45) is -0.673. The van der Waals surface area contributed by atoms with Crippen molar-refractivity contribution in [2.45, 2.75) is 20.3 Å². The fraction of sp³-hybridized carbons (Fsp3) is 0.429. The lowest BCUT2D eigenvalue weighted by atomic mass is 10.2. The Balaban J connectivity index is 4.61. The molecule has 5 heteroatoms. The normalized spacial score (nSPS) is 11.8. The molecule has 0 aliphatic heterocycles. The number of hydrogen-bond donors (Lipinski definition) is 2. The number of hydrogen-bond acceptors (Lipinski definition) is 3. The van der Waals surface area contributed by atoms with Gasteiger partial charge in [0.25, 0.3) is 0 Å². The first kappa shape index (κ1) is 10.5. The second-order valence-corrected chi connectivity index (χ2v) is 2.13. The average Bonchev–Trinajstić information content (AvgIpc) is 1.98. The molecule has 0 saturated carbocycles. The molecule has 0 heterocycles. The van der Waals surface area contributed by atoms with Gasteiger partial charge in [-0.15, -0.1) is 0 Å². The van der Waals surface area contributed by atoms with E-state index in [-0.39, 0.29) is 11.3 Å². The maximum Gasteiger partial charge on any atom is 0.409 e. The predicted molar refractivity (Wildman–Crippen MR) is 41.3 cm³/mol. The van der Waals surface area contributed by atoms with Crippen LogP contribution in [0.5, 0.6) is 0 Å².